The van der Waals surface area contributed by atoms with Crippen molar-refractivity contribution in [2.24, 2.45) is 0 Å². The van der Waals surface area contributed by atoms with Gasteiger partial charge < -0.3 is 4.74 Å². The molecule has 18 heavy (non-hydrogen) atoms. The van der Waals surface area contributed by atoms with Gasteiger partial charge >= 0.3 is 0 Å². The van der Waals surface area contributed by atoms with Crippen LogP contribution in [0.4, 0.5) is 0 Å². The van der Waals surface area contributed by atoms with Crippen molar-refractivity contribution < 1.29 is 9.53 Å². The molecule has 0 heterocycles. The molecule has 0 spiro atoms. The third kappa shape index (κ3) is 2.49. The highest BCUT2D eigenvalue weighted by Gasteiger charge is 2.21. The summed E-state index contributed by atoms with van der Waals surface area (Å²) >= 11 is 6.22. The van der Waals surface area contributed by atoms with Crippen molar-refractivity contribution in [2.75, 3.05) is 7.11 Å². The van der Waals surface area contributed by atoms with Gasteiger partial charge in [0.05, 0.1) is 18.7 Å². The summed E-state index contributed by atoms with van der Waals surface area (Å²) < 4.78 is 5.33. The molecule has 0 fully saturated rings. The minimum Gasteiger partial charge on any atom is -0.496 e. The lowest BCUT2D eigenvalue weighted by Gasteiger charge is -2.17. The van der Waals surface area contributed by atoms with Gasteiger partial charge in [-0.3, -0.25) is 4.79 Å². The number of hydrogen-bond acceptors (Lipinski definition) is 3. The van der Waals surface area contributed by atoms with Crippen molar-refractivity contribution in [3.63, 3.8) is 0 Å². The maximum absolute atomic E-state index is 12.1. The highest BCUT2D eigenvalue weighted by Crippen LogP contribution is 2.36. The SMILES string of the molecule is COc1c(C)c(C)c(Cl)c(C)c1C(=O)CCC#N. The molecule has 4 heteroatoms. The summed E-state index contributed by atoms with van der Waals surface area (Å²) in [6.07, 6.45) is 0.387. The van der Waals surface area contributed by atoms with E-state index in [1.807, 2.05) is 19.9 Å². The average Bonchev–Trinajstić information content (AvgIpc) is 2.37. The lowest BCUT2D eigenvalue weighted by atomic mass is 9.94. The first-order valence-electron chi connectivity index (χ1n) is 5.69. The molecular formula is C14H16ClNO2. The number of carbonyl (C=O) groups is 1. The highest BCUT2D eigenvalue weighted by atomic mass is 35.5. The molecule has 1 aromatic rings. The van der Waals surface area contributed by atoms with Crippen LogP contribution in [0.5, 0.6) is 5.75 Å². The summed E-state index contributed by atoms with van der Waals surface area (Å²) in [6.45, 7) is 5.58. The minimum absolute atomic E-state index is 0.101. The number of rotatable bonds is 4. The van der Waals surface area contributed by atoms with E-state index in [9.17, 15) is 4.79 Å². The molecular weight excluding hydrogens is 250 g/mol. The second-order valence-corrected chi connectivity index (χ2v) is 4.56. The molecule has 3 nitrogen and oxygen atoms in total. The number of Topliss-reactive ketones (excluding diaryl/α,β-unsaturated/α-hetero) is 1. The Morgan fingerprint density at radius 2 is 1.89 bits per heavy atom. The largest absolute Gasteiger partial charge is 0.496 e. The number of carbonyl (C=O) groups excluding carboxylic acids is 1. The maximum atomic E-state index is 12.1. The van der Waals surface area contributed by atoms with E-state index < -0.39 is 0 Å². The van der Waals surface area contributed by atoms with Crippen LogP contribution < -0.4 is 4.74 Å². The molecule has 0 saturated heterocycles. The highest BCUT2D eigenvalue weighted by molar-refractivity contribution is 6.33. The van der Waals surface area contributed by atoms with Crippen LogP contribution in [0.3, 0.4) is 0 Å². The number of halogens is 1. The van der Waals surface area contributed by atoms with E-state index in [4.69, 9.17) is 21.6 Å². The zero-order chi connectivity index (χ0) is 13.9. The number of nitriles is 1. The van der Waals surface area contributed by atoms with Gasteiger partial charge in [0.1, 0.15) is 5.75 Å². The zero-order valence-electron chi connectivity index (χ0n) is 11.1. The van der Waals surface area contributed by atoms with Crippen LogP contribution in [0, 0.1) is 32.1 Å². The van der Waals surface area contributed by atoms with Crippen LogP contribution in [0.15, 0.2) is 0 Å². The second-order valence-electron chi connectivity index (χ2n) is 4.18. The van der Waals surface area contributed by atoms with Crippen LogP contribution >= 0.6 is 11.6 Å². The van der Waals surface area contributed by atoms with Crippen molar-refractivity contribution in [2.45, 2.75) is 33.6 Å². The summed E-state index contributed by atoms with van der Waals surface area (Å²) in [4.78, 5) is 12.1. The lowest BCUT2D eigenvalue weighted by Crippen LogP contribution is -2.08. The van der Waals surface area contributed by atoms with E-state index in [0.29, 0.717) is 16.3 Å². The van der Waals surface area contributed by atoms with Crippen molar-refractivity contribution >= 4 is 17.4 Å². The van der Waals surface area contributed by atoms with Gasteiger partial charge in [-0.15, -0.1) is 0 Å². The molecule has 0 unspecified atom stereocenters. The fourth-order valence-electron chi connectivity index (χ4n) is 1.97. The molecule has 0 aliphatic carbocycles. The molecule has 0 radical (unpaired) electrons. The summed E-state index contributed by atoms with van der Waals surface area (Å²) in [5, 5.41) is 9.14. The zero-order valence-corrected chi connectivity index (χ0v) is 11.8. The molecule has 0 aliphatic heterocycles. The van der Waals surface area contributed by atoms with Crippen LogP contribution in [0.25, 0.3) is 0 Å². The Morgan fingerprint density at radius 3 is 2.39 bits per heavy atom. The molecule has 96 valence electrons. The third-order valence-electron chi connectivity index (χ3n) is 3.11. The van der Waals surface area contributed by atoms with Gasteiger partial charge in [0, 0.05) is 17.9 Å². The van der Waals surface area contributed by atoms with E-state index in [0.717, 1.165) is 16.7 Å². The van der Waals surface area contributed by atoms with Crippen molar-refractivity contribution in [3.8, 4) is 11.8 Å². The van der Waals surface area contributed by atoms with E-state index in [1.165, 1.54) is 7.11 Å². The molecule has 1 rings (SSSR count). The van der Waals surface area contributed by atoms with Gasteiger partial charge in [0.25, 0.3) is 0 Å². The molecule has 0 N–H and O–H groups in total. The number of ether oxygens (including phenoxy) is 1. The molecule has 0 bridgehead atoms. The fourth-order valence-corrected chi connectivity index (χ4v) is 2.21. The molecule has 0 atom stereocenters. The molecule has 0 aliphatic rings. The number of nitrogens with zero attached hydrogens (tertiary/aromatic N) is 1. The van der Waals surface area contributed by atoms with Crippen molar-refractivity contribution in [1.82, 2.24) is 0 Å². The molecule has 0 aromatic heterocycles. The van der Waals surface area contributed by atoms with Gasteiger partial charge in [-0.05, 0) is 37.5 Å². The van der Waals surface area contributed by atoms with E-state index in [-0.39, 0.29) is 18.6 Å². The van der Waals surface area contributed by atoms with E-state index in [2.05, 4.69) is 0 Å². The normalized spacial score (nSPS) is 10.0. The quantitative estimate of drug-likeness (QED) is 0.779. The predicted octanol–water partition coefficient (Wildman–Crippen LogP) is 3.76. The number of methoxy groups -OCH3 is 1. The van der Waals surface area contributed by atoms with Crippen LogP contribution in [0.2, 0.25) is 5.02 Å². The Labute approximate surface area is 112 Å². The summed E-state index contributed by atoms with van der Waals surface area (Å²) in [7, 11) is 1.54. The van der Waals surface area contributed by atoms with Crippen LogP contribution in [-0.4, -0.2) is 12.9 Å². The first kappa shape index (κ1) is 14.5. The Bertz CT molecular complexity index is 530. The first-order chi connectivity index (χ1) is 8.45. The number of hydrogen-bond donors (Lipinski definition) is 0. The van der Waals surface area contributed by atoms with Crippen LogP contribution in [-0.2, 0) is 0 Å². The van der Waals surface area contributed by atoms with Gasteiger partial charge in [0.2, 0.25) is 0 Å². The van der Waals surface area contributed by atoms with Gasteiger partial charge in [-0.2, -0.15) is 5.26 Å². The summed E-state index contributed by atoms with van der Waals surface area (Å²) in [5.41, 5.74) is 3.01. The Kier molecular flexibility index (Phi) is 4.75. The third-order valence-corrected chi connectivity index (χ3v) is 3.68. The smallest absolute Gasteiger partial charge is 0.167 e. The average molecular weight is 266 g/mol. The Hall–Kier alpha value is -1.53. The monoisotopic (exact) mass is 265 g/mol. The molecule has 0 amide bonds. The van der Waals surface area contributed by atoms with Gasteiger partial charge in [-0.25, -0.2) is 0 Å². The van der Waals surface area contributed by atoms with Crippen molar-refractivity contribution in [1.29, 1.82) is 5.26 Å². The molecule has 0 saturated carbocycles. The van der Waals surface area contributed by atoms with E-state index in [1.54, 1.807) is 6.92 Å². The van der Waals surface area contributed by atoms with Crippen LogP contribution in [0.1, 0.15) is 39.9 Å². The Morgan fingerprint density at radius 1 is 1.28 bits per heavy atom. The summed E-state index contributed by atoms with van der Waals surface area (Å²) in [5.74, 6) is 0.466. The lowest BCUT2D eigenvalue weighted by molar-refractivity contribution is 0.0980. The fraction of sp³-hybridized carbons (Fsp3) is 0.429. The van der Waals surface area contributed by atoms with Gasteiger partial charge in [-0.1, -0.05) is 11.6 Å². The first-order valence-corrected chi connectivity index (χ1v) is 6.06. The van der Waals surface area contributed by atoms with Gasteiger partial charge in [0.15, 0.2) is 5.78 Å². The maximum Gasteiger partial charge on any atom is 0.167 e. The predicted molar refractivity (Wildman–Crippen MR) is 71.4 cm³/mol. The second kappa shape index (κ2) is 5.88. The minimum atomic E-state index is -0.101. The Balaban J connectivity index is 3.43. The standard InChI is InChI=1S/C14H16ClNO2/c1-8-9(2)14(18-4)12(10(3)13(8)15)11(17)6-5-7-16/h5-6H2,1-4H3. The summed E-state index contributed by atoms with van der Waals surface area (Å²) in [6, 6.07) is 1.97. The topological polar surface area (TPSA) is 50.1 Å². The van der Waals surface area contributed by atoms with E-state index >= 15 is 0 Å². The number of ketones is 1. The molecule has 1 aromatic carbocycles. The van der Waals surface area contributed by atoms with Crippen molar-refractivity contribution in [3.05, 3.63) is 27.3 Å². The number of benzene rings is 1.